The minimum atomic E-state index is -3.57. The third kappa shape index (κ3) is 3.28. The first-order chi connectivity index (χ1) is 8.50. The molecule has 1 aliphatic rings. The number of halogens is 1. The summed E-state index contributed by atoms with van der Waals surface area (Å²) in [4.78, 5) is 6.36. The van der Waals surface area contributed by atoms with Gasteiger partial charge in [-0.1, -0.05) is 19.8 Å². The standard InChI is InChI=1S/C11H20N4O2S.ClH/c1-9-4-2-3-5-11(9,7-12)15-18(16,17)10-6-13-8-14-10;/h6,8-9,15H,2-5,7,12H2,1H3,(H,13,14);1H. The largest absolute Gasteiger partial charge is 0.335 e. The van der Waals surface area contributed by atoms with Gasteiger partial charge in [-0.3, -0.25) is 0 Å². The number of hydrogen-bond donors (Lipinski definition) is 3. The molecule has 0 aromatic carbocycles. The normalized spacial score (nSPS) is 27.8. The number of rotatable bonds is 4. The van der Waals surface area contributed by atoms with Crippen molar-refractivity contribution >= 4 is 22.4 Å². The van der Waals surface area contributed by atoms with Gasteiger partial charge in [0.2, 0.25) is 0 Å². The third-order valence-corrected chi connectivity index (χ3v) is 5.40. The first-order valence-corrected chi connectivity index (χ1v) is 7.71. The summed E-state index contributed by atoms with van der Waals surface area (Å²) in [6, 6.07) is 0. The van der Waals surface area contributed by atoms with Crippen molar-refractivity contribution in [1.82, 2.24) is 14.7 Å². The average molecular weight is 309 g/mol. The Labute approximate surface area is 120 Å². The monoisotopic (exact) mass is 308 g/mol. The van der Waals surface area contributed by atoms with Gasteiger partial charge in [-0.15, -0.1) is 12.4 Å². The Hall–Kier alpha value is -0.630. The molecule has 1 aromatic heterocycles. The van der Waals surface area contributed by atoms with Gasteiger partial charge in [-0.2, -0.15) is 0 Å². The van der Waals surface area contributed by atoms with Crippen LogP contribution < -0.4 is 10.5 Å². The summed E-state index contributed by atoms with van der Waals surface area (Å²) in [5.74, 6) is 0.244. The number of nitrogens with one attached hydrogen (secondary N) is 2. The molecule has 2 atom stereocenters. The predicted molar refractivity (Wildman–Crippen MR) is 75.6 cm³/mol. The second kappa shape index (κ2) is 6.21. The van der Waals surface area contributed by atoms with E-state index in [0.29, 0.717) is 6.54 Å². The number of imidazole rings is 1. The molecule has 4 N–H and O–H groups in total. The van der Waals surface area contributed by atoms with E-state index in [1.807, 2.05) is 0 Å². The molecule has 1 aromatic rings. The second-order valence-corrected chi connectivity index (χ2v) is 6.68. The van der Waals surface area contributed by atoms with Gasteiger partial charge >= 0.3 is 0 Å². The second-order valence-electron chi connectivity index (χ2n) is 5.03. The molecule has 0 bridgehead atoms. The quantitative estimate of drug-likeness (QED) is 0.773. The summed E-state index contributed by atoms with van der Waals surface area (Å²) in [7, 11) is -3.57. The number of aromatic nitrogens is 2. The highest BCUT2D eigenvalue weighted by molar-refractivity contribution is 7.89. The maximum Gasteiger partial charge on any atom is 0.258 e. The Kier molecular flexibility index (Phi) is 5.37. The number of H-pyrrole nitrogens is 1. The molecule has 0 radical (unpaired) electrons. The molecule has 0 aliphatic heterocycles. The van der Waals surface area contributed by atoms with Gasteiger partial charge in [-0.05, 0) is 18.8 Å². The predicted octanol–water partition coefficient (Wildman–Crippen LogP) is 1.02. The fourth-order valence-corrected chi connectivity index (χ4v) is 4.06. The molecule has 1 fully saturated rings. The van der Waals surface area contributed by atoms with E-state index in [1.165, 1.54) is 12.5 Å². The maximum atomic E-state index is 12.2. The van der Waals surface area contributed by atoms with Crippen LogP contribution in [0.4, 0.5) is 0 Å². The molecule has 0 spiro atoms. The number of nitrogens with zero attached hydrogens (tertiary/aromatic N) is 1. The van der Waals surface area contributed by atoms with Gasteiger partial charge < -0.3 is 10.7 Å². The van der Waals surface area contributed by atoms with Crippen molar-refractivity contribution in [3.8, 4) is 0 Å². The van der Waals surface area contributed by atoms with Gasteiger partial charge in [0.15, 0.2) is 5.03 Å². The van der Waals surface area contributed by atoms with Gasteiger partial charge in [0.25, 0.3) is 10.0 Å². The summed E-state index contributed by atoms with van der Waals surface area (Å²) in [5.41, 5.74) is 5.31. The molecule has 2 rings (SSSR count). The Bertz CT molecular complexity index is 491. The summed E-state index contributed by atoms with van der Waals surface area (Å²) in [6.45, 7) is 2.38. The zero-order valence-electron chi connectivity index (χ0n) is 10.9. The fraction of sp³-hybridized carbons (Fsp3) is 0.727. The fourth-order valence-electron chi connectivity index (χ4n) is 2.62. The molecule has 19 heavy (non-hydrogen) atoms. The molecule has 0 amide bonds. The van der Waals surface area contributed by atoms with Gasteiger partial charge in [-0.25, -0.2) is 18.1 Å². The van der Waals surface area contributed by atoms with Crippen molar-refractivity contribution in [2.75, 3.05) is 6.54 Å². The number of hydrogen-bond acceptors (Lipinski definition) is 4. The minimum Gasteiger partial charge on any atom is -0.335 e. The van der Waals surface area contributed by atoms with Crippen molar-refractivity contribution in [2.45, 2.75) is 43.2 Å². The molecule has 2 unspecified atom stereocenters. The first kappa shape index (κ1) is 16.4. The molecule has 8 heteroatoms. The Morgan fingerprint density at radius 2 is 2.32 bits per heavy atom. The van der Waals surface area contributed by atoms with Crippen LogP contribution in [0.25, 0.3) is 0 Å². The van der Waals surface area contributed by atoms with Crippen molar-refractivity contribution in [3.63, 3.8) is 0 Å². The van der Waals surface area contributed by atoms with Crippen LogP contribution in [0, 0.1) is 5.92 Å². The van der Waals surface area contributed by atoms with E-state index in [2.05, 4.69) is 21.6 Å². The lowest BCUT2D eigenvalue weighted by Crippen LogP contribution is -2.59. The van der Waals surface area contributed by atoms with Gasteiger partial charge in [0.05, 0.1) is 12.5 Å². The topological polar surface area (TPSA) is 101 Å². The van der Waals surface area contributed by atoms with Crippen LogP contribution in [-0.4, -0.2) is 30.5 Å². The highest BCUT2D eigenvalue weighted by atomic mass is 35.5. The van der Waals surface area contributed by atoms with E-state index in [9.17, 15) is 8.42 Å². The van der Waals surface area contributed by atoms with E-state index in [0.717, 1.165) is 25.7 Å². The van der Waals surface area contributed by atoms with Crippen LogP contribution in [0.5, 0.6) is 0 Å². The molecule has 1 saturated carbocycles. The SMILES string of the molecule is CC1CCCCC1(CN)NS(=O)(=O)c1cnc[nH]1.Cl. The van der Waals surface area contributed by atoms with E-state index >= 15 is 0 Å². The Morgan fingerprint density at radius 1 is 1.58 bits per heavy atom. The highest BCUT2D eigenvalue weighted by Crippen LogP contribution is 2.33. The lowest BCUT2D eigenvalue weighted by atomic mass is 9.74. The molecule has 6 nitrogen and oxygen atoms in total. The van der Waals surface area contributed by atoms with Crippen LogP contribution in [0.2, 0.25) is 0 Å². The number of nitrogens with two attached hydrogens (primary N) is 1. The molecular weight excluding hydrogens is 288 g/mol. The summed E-state index contributed by atoms with van der Waals surface area (Å²) >= 11 is 0. The Morgan fingerprint density at radius 3 is 2.84 bits per heavy atom. The van der Waals surface area contributed by atoms with Crippen LogP contribution in [0.1, 0.15) is 32.6 Å². The molecule has 1 heterocycles. The summed E-state index contributed by atoms with van der Waals surface area (Å²) in [5, 5.41) is 0.0908. The first-order valence-electron chi connectivity index (χ1n) is 6.22. The van der Waals surface area contributed by atoms with E-state index in [1.54, 1.807) is 0 Å². The van der Waals surface area contributed by atoms with Crippen LogP contribution in [0.3, 0.4) is 0 Å². The minimum absolute atomic E-state index is 0. The maximum absolute atomic E-state index is 12.2. The van der Waals surface area contributed by atoms with E-state index < -0.39 is 15.6 Å². The summed E-state index contributed by atoms with van der Waals surface area (Å²) in [6.07, 6.45) is 6.59. The third-order valence-electron chi connectivity index (χ3n) is 3.92. The van der Waals surface area contributed by atoms with E-state index in [-0.39, 0.29) is 23.4 Å². The highest BCUT2D eigenvalue weighted by Gasteiger charge is 2.40. The average Bonchev–Trinajstić information content (AvgIpc) is 2.86. The lowest BCUT2D eigenvalue weighted by Gasteiger charge is -2.42. The van der Waals surface area contributed by atoms with Crippen molar-refractivity contribution < 1.29 is 8.42 Å². The zero-order chi connectivity index (χ0) is 13.2. The number of aromatic amines is 1. The lowest BCUT2D eigenvalue weighted by molar-refractivity contribution is 0.191. The van der Waals surface area contributed by atoms with Crippen LogP contribution >= 0.6 is 12.4 Å². The van der Waals surface area contributed by atoms with Crippen molar-refractivity contribution in [2.24, 2.45) is 11.7 Å². The molecule has 0 saturated heterocycles. The van der Waals surface area contributed by atoms with Crippen molar-refractivity contribution in [3.05, 3.63) is 12.5 Å². The zero-order valence-corrected chi connectivity index (χ0v) is 12.6. The molecule has 110 valence electrons. The summed E-state index contributed by atoms with van der Waals surface area (Å²) < 4.78 is 27.3. The van der Waals surface area contributed by atoms with Gasteiger partial charge in [0, 0.05) is 12.1 Å². The van der Waals surface area contributed by atoms with Crippen LogP contribution in [0.15, 0.2) is 17.6 Å². The Balaban J connectivity index is 0.00000180. The smallest absolute Gasteiger partial charge is 0.258 e. The van der Waals surface area contributed by atoms with Crippen LogP contribution in [-0.2, 0) is 10.0 Å². The molecular formula is C11H21ClN4O2S. The van der Waals surface area contributed by atoms with Gasteiger partial charge in [0.1, 0.15) is 0 Å². The van der Waals surface area contributed by atoms with Crippen molar-refractivity contribution in [1.29, 1.82) is 0 Å². The van der Waals surface area contributed by atoms with E-state index in [4.69, 9.17) is 5.73 Å². The molecule has 1 aliphatic carbocycles. The number of sulfonamides is 1.